The van der Waals surface area contributed by atoms with Crippen LogP contribution in [-0.4, -0.2) is 29.8 Å². The lowest BCUT2D eigenvalue weighted by atomic mass is 10.2. The van der Waals surface area contributed by atoms with E-state index in [1.54, 1.807) is 18.9 Å². The maximum atomic E-state index is 11.5. The van der Waals surface area contributed by atoms with Crippen LogP contribution >= 0.6 is 11.8 Å². The van der Waals surface area contributed by atoms with Crippen LogP contribution in [0.5, 0.6) is 0 Å². The summed E-state index contributed by atoms with van der Waals surface area (Å²) in [4.78, 5) is 24.9. The summed E-state index contributed by atoms with van der Waals surface area (Å²) in [5, 5.41) is 8.82. The largest absolute Gasteiger partial charge is 0.481 e. The van der Waals surface area contributed by atoms with Crippen LogP contribution in [0.2, 0.25) is 0 Å². The van der Waals surface area contributed by atoms with Crippen molar-refractivity contribution in [3.8, 4) is 0 Å². The number of carbonyl (C=O) groups excluding carboxylic acids is 1. The third-order valence-corrected chi connectivity index (χ3v) is 4.30. The number of rotatable bonds is 4. The van der Waals surface area contributed by atoms with Gasteiger partial charge in [0, 0.05) is 23.4 Å². The molecular formula is C13H15NO3S. The minimum absolute atomic E-state index is 0.103. The molecule has 0 radical (unpaired) electrons. The van der Waals surface area contributed by atoms with Crippen molar-refractivity contribution in [1.29, 1.82) is 0 Å². The normalized spacial score (nSPS) is 15.7. The number of carboxylic acids is 1. The van der Waals surface area contributed by atoms with Crippen molar-refractivity contribution in [3.05, 3.63) is 23.8 Å². The highest BCUT2D eigenvalue weighted by Gasteiger charge is 2.24. The Morgan fingerprint density at radius 2 is 2.28 bits per heavy atom. The molecule has 1 atom stereocenters. The van der Waals surface area contributed by atoms with Gasteiger partial charge in [0.1, 0.15) is 0 Å². The average Bonchev–Trinajstić information content (AvgIpc) is 2.61. The molecule has 0 saturated carbocycles. The average molecular weight is 265 g/mol. The maximum Gasteiger partial charge on any atom is 0.307 e. The number of nitrogens with zero attached hydrogens (tertiary/aromatic N) is 1. The summed E-state index contributed by atoms with van der Waals surface area (Å²) in [6.45, 7) is 1.69. The van der Waals surface area contributed by atoms with E-state index in [2.05, 4.69) is 0 Å². The Morgan fingerprint density at radius 1 is 1.56 bits per heavy atom. The van der Waals surface area contributed by atoms with Crippen LogP contribution in [-0.2, 0) is 16.0 Å². The zero-order valence-corrected chi connectivity index (χ0v) is 11.2. The molecule has 1 aromatic carbocycles. The fourth-order valence-corrected chi connectivity index (χ4v) is 2.80. The topological polar surface area (TPSA) is 57.6 Å². The van der Waals surface area contributed by atoms with Crippen molar-refractivity contribution in [3.63, 3.8) is 0 Å². The number of hydrogen-bond acceptors (Lipinski definition) is 3. The third-order valence-electron chi connectivity index (χ3n) is 3.05. The summed E-state index contributed by atoms with van der Waals surface area (Å²) in [7, 11) is 1.77. The van der Waals surface area contributed by atoms with Gasteiger partial charge in [-0.1, -0.05) is 6.92 Å². The highest BCUT2D eigenvalue weighted by Crippen LogP contribution is 2.32. The summed E-state index contributed by atoms with van der Waals surface area (Å²) in [6, 6.07) is 5.84. The highest BCUT2D eigenvalue weighted by atomic mass is 32.2. The zero-order valence-electron chi connectivity index (χ0n) is 10.3. The molecule has 0 bridgehead atoms. The molecule has 1 unspecified atom stereocenters. The van der Waals surface area contributed by atoms with Gasteiger partial charge in [-0.15, -0.1) is 11.8 Å². The lowest BCUT2D eigenvalue weighted by Crippen LogP contribution is -2.20. The molecule has 96 valence electrons. The molecule has 18 heavy (non-hydrogen) atoms. The van der Waals surface area contributed by atoms with Crippen molar-refractivity contribution in [2.75, 3.05) is 17.7 Å². The van der Waals surface area contributed by atoms with Crippen LogP contribution in [0.1, 0.15) is 12.5 Å². The summed E-state index contributed by atoms with van der Waals surface area (Å²) in [5.41, 5.74) is 1.98. The number of anilines is 1. The van der Waals surface area contributed by atoms with Crippen LogP contribution in [0.3, 0.4) is 0 Å². The standard InChI is InChI=1S/C13H15NO3S/c1-8(13(16)17)7-18-10-3-4-11-9(5-10)6-12(15)14(11)2/h3-5,8H,6-7H2,1-2H3,(H,16,17). The monoisotopic (exact) mass is 265 g/mol. The molecule has 0 spiro atoms. The summed E-state index contributed by atoms with van der Waals surface area (Å²) >= 11 is 1.51. The first-order valence-electron chi connectivity index (χ1n) is 5.74. The summed E-state index contributed by atoms with van der Waals surface area (Å²) in [6.07, 6.45) is 0.439. The summed E-state index contributed by atoms with van der Waals surface area (Å²) < 4.78 is 0. The molecule has 1 aromatic rings. The first-order valence-corrected chi connectivity index (χ1v) is 6.72. The molecule has 1 N–H and O–H groups in total. The van der Waals surface area contributed by atoms with E-state index in [1.165, 1.54) is 11.8 Å². The minimum Gasteiger partial charge on any atom is -0.481 e. The third kappa shape index (κ3) is 2.51. The van der Waals surface area contributed by atoms with Crippen LogP contribution in [0.4, 0.5) is 5.69 Å². The van der Waals surface area contributed by atoms with Gasteiger partial charge in [-0.25, -0.2) is 0 Å². The predicted octanol–water partition coefficient (Wildman–Crippen LogP) is 2.02. The Balaban J connectivity index is 2.07. The number of amides is 1. The second kappa shape index (κ2) is 5.02. The zero-order chi connectivity index (χ0) is 13.3. The smallest absolute Gasteiger partial charge is 0.307 e. The maximum absolute atomic E-state index is 11.5. The van der Waals surface area contributed by atoms with Crippen LogP contribution in [0.25, 0.3) is 0 Å². The van der Waals surface area contributed by atoms with Crippen molar-refractivity contribution < 1.29 is 14.7 Å². The highest BCUT2D eigenvalue weighted by molar-refractivity contribution is 7.99. The second-order valence-corrected chi connectivity index (χ2v) is 5.56. The first kappa shape index (κ1) is 13.0. The number of hydrogen-bond donors (Lipinski definition) is 1. The fourth-order valence-electron chi connectivity index (χ4n) is 1.83. The molecule has 1 heterocycles. The number of likely N-dealkylation sites (N-methyl/N-ethyl adjacent to an activating group) is 1. The summed E-state index contributed by atoms with van der Waals surface area (Å²) in [5.74, 6) is -0.505. The van der Waals surface area contributed by atoms with Crippen molar-refractivity contribution in [2.24, 2.45) is 5.92 Å². The molecule has 2 rings (SSSR count). The predicted molar refractivity (Wildman–Crippen MR) is 71.1 cm³/mol. The number of carboxylic acid groups (broad SMARTS) is 1. The molecule has 1 amide bonds. The minimum atomic E-state index is -0.779. The van der Waals surface area contributed by atoms with Gasteiger partial charge in [0.25, 0.3) is 0 Å². The van der Waals surface area contributed by atoms with E-state index in [0.29, 0.717) is 12.2 Å². The molecular weight excluding hydrogens is 250 g/mol. The fraction of sp³-hybridized carbons (Fsp3) is 0.385. The molecule has 1 aliphatic heterocycles. The Kier molecular flexibility index (Phi) is 3.61. The van der Waals surface area contributed by atoms with E-state index in [0.717, 1.165) is 16.1 Å². The van der Waals surface area contributed by atoms with Crippen molar-refractivity contribution >= 4 is 29.3 Å². The van der Waals surface area contributed by atoms with Crippen molar-refractivity contribution in [1.82, 2.24) is 0 Å². The SMILES string of the molecule is CC(CSc1ccc2c(c1)CC(=O)N2C)C(=O)O. The van der Waals surface area contributed by atoms with E-state index in [9.17, 15) is 9.59 Å². The number of benzene rings is 1. The lowest BCUT2D eigenvalue weighted by Gasteiger charge is -2.11. The number of thioether (sulfide) groups is 1. The Bertz CT molecular complexity index is 501. The molecule has 4 nitrogen and oxygen atoms in total. The Hall–Kier alpha value is -1.49. The van der Waals surface area contributed by atoms with Crippen LogP contribution < -0.4 is 4.90 Å². The molecule has 0 saturated heterocycles. The Morgan fingerprint density at radius 3 is 2.94 bits per heavy atom. The van der Waals surface area contributed by atoms with E-state index in [1.807, 2.05) is 18.2 Å². The number of aliphatic carboxylic acids is 1. The Labute approximate surface area is 110 Å². The van der Waals surface area contributed by atoms with Gasteiger partial charge in [-0.05, 0) is 23.8 Å². The van der Waals surface area contributed by atoms with Gasteiger partial charge >= 0.3 is 5.97 Å². The van der Waals surface area contributed by atoms with Gasteiger partial charge < -0.3 is 10.0 Å². The van der Waals surface area contributed by atoms with Gasteiger partial charge in [-0.2, -0.15) is 0 Å². The van der Waals surface area contributed by atoms with E-state index < -0.39 is 5.97 Å². The van der Waals surface area contributed by atoms with E-state index in [-0.39, 0.29) is 11.8 Å². The van der Waals surface area contributed by atoms with Crippen LogP contribution in [0.15, 0.2) is 23.1 Å². The van der Waals surface area contributed by atoms with Gasteiger partial charge in [0.2, 0.25) is 5.91 Å². The quantitative estimate of drug-likeness (QED) is 0.846. The second-order valence-electron chi connectivity index (χ2n) is 4.47. The van der Waals surface area contributed by atoms with Crippen molar-refractivity contribution in [2.45, 2.75) is 18.2 Å². The lowest BCUT2D eigenvalue weighted by molar-refractivity contribution is -0.140. The number of carbonyl (C=O) groups is 2. The van der Waals surface area contributed by atoms with Crippen LogP contribution in [0, 0.1) is 5.92 Å². The molecule has 0 aliphatic carbocycles. The molecule has 0 aromatic heterocycles. The van der Waals surface area contributed by atoms with E-state index >= 15 is 0 Å². The first-order chi connectivity index (χ1) is 8.49. The van der Waals surface area contributed by atoms with Gasteiger partial charge in [0.15, 0.2) is 0 Å². The van der Waals surface area contributed by atoms with E-state index in [4.69, 9.17) is 5.11 Å². The molecule has 1 aliphatic rings. The van der Waals surface area contributed by atoms with Gasteiger partial charge in [0.05, 0.1) is 12.3 Å². The molecule has 0 fully saturated rings. The molecule has 5 heteroatoms. The van der Waals surface area contributed by atoms with Gasteiger partial charge in [-0.3, -0.25) is 9.59 Å². The number of fused-ring (bicyclic) bond motifs is 1.